The van der Waals surface area contributed by atoms with Gasteiger partial charge in [-0.05, 0) is 63.9 Å². The van der Waals surface area contributed by atoms with Crippen LogP contribution in [0.15, 0.2) is 53.3 Å². The molecule has 0 fully saturated rings. The molecule has 1 N–H and O–H groups in total. The largest absolute Gasteiger partial charge is 0.487 e. The Labute approximate surface area is 224 Å². The third kappa shape index (κ3) is 4.97. The highest BCUT2D eigenvalue weighted by Gasteiger charge is 2.20. The number of ether oxygens (including phenoxy) is 1. The SMILES string of the molecule is Cc1cc(Cl)c(COc2cccc3c(-n4ncnc4C)cc(C)nc23)c([C@H](C)NC(=O)c2cc(C)on2)c1. The van der Waals surface area contributed by atoms with Gasteiger partial charge in [-0.1, -0.05) is 35.0 Å². The van der Waals surface area contributed by atoms with Gasteiger partial charge in [0.1, 0.15) is 35.8 Å². The van der Waals surface area contributed by atoms with Gasteiger partial charge in [0.15, 0.2) is 5.69 Å². The molecule has 0 saturated carbocycles. The number of rotatable bonds is 7. The summed E-state index contributed by atoms with van der Waals surface area (Å²) in [7, 11) is 0. The second-order valence-electron chi connectivity index (χ2n) is 9.28. The Morgan fingerprint density at radius 2 is 1.97 bits per heavy atom. The van der Waals surface area contributed by atoms with Gasteiger partial charge in [0.2, 0.25) is 0 Å². The average Bonchev–Trinajstić information content (AvgIpc) is 3.50. The summed E-state index contributed by atoms with van der Waals surface area (Å²) in [6, 6.07) is 12.9. The number of benzene rings is 2. The minimum Gasteiger partial charge on any atom is -0.487 e. The monoisotopic (exact) mass is 530 g/mol. The molecule has 0 saturated heterocycles. The van der Waals surface area contributed by atoms with Crippen LogP contribution >= 0.6 is 11.6 Å². The number of nitrogens with zero attached hydrogens (tertiary/aromatic N) is 5. The third-order valence-electron chi connectivity index (χ3n) is 6.28. The maximum Gasteiger partial charge on any atom is 0.273 e. The predicted molar refractivity (Wildman–Crippen MR) is 144 cm³/mol. The lowest BCUT2D eigenvalue weighted by Crippen LogP contribution is -2.28. The van der Waals surface area contributed by atoms with Crippen molar-refractivity contribution in [1.29, 1.82) is 0 Å². The zero-order chi connectivity index (χ0) is 27.0. The second-order valence-corrected chi connectivity index (χ2v) is 9.68. The van der Waals surface area contributed by atoms with Crippen LogP contribution < -0.4 is 10.1 Å². The Kier molecular flexibility index (Phi) is 6.86. The molecule has 194 valence electrons. The van der Waals surface area contributed by atoms with Gasteiger partial charge >= 0.3 is 0 Å². The van der Waals surface area contributed by atoms with Crippen molar-refractivity contribution in [3.05, 3.63) is 93.5 Å². The fourth-order valence-electron chi connectivity index (χ4n) is 4.47. The van der Waals surface area contributed by atoms with E-state index < -0.39 is 0 Å². The summed E-state index contributed by atoms with van der Waals surface area (Å²) in [6.07, 6.45) is 1.53. The van der Waals surface area contributed by atoms with E-state index in [4.69, 9.17) is 25.8 Å². The van der Waals surface area contributed by atoms with Crippen LogP contribution in [-0.2, 0) is 6.61 Å². The standard InChI is InChI=1S/C28H27ClN6O3/c1-15-9-21(18(4)33-28(36)24-12-17(3)38-34-24)22(23(29)10-15)13-37-26-8-6-7-20-25(11-16(2)32-27(20)26)35-19(5)30-14-31-35/h6-12,14,18H,13H2,1-5H3,(H,33,36)/t18-/m0/s1. The summed E-state index contributed by atoms with van der Waals surface area (Å²) in [6.45, 7) is 9.61. The maximum atomic E-state index is 12.7. The van der Waals surface area contributed by atoms with Crippen LogP contribution in [0.5, 0.6) is 5.75 Å². The quantitative estimate of drug-likeness (QED) is 0.285. The van der Waals surface area contributed by atoms with Gasteiger partial charge < -0.3 is 14.6 Å². The highest BCUT2D eigenvalue weighted by molar-refractivity contribution is 6.31. The number of aryl methyl sites for hydroxylation is 4. The van der Waals surface area contributed by atoms with Crippen molar-refractivity contribution in [3.63, 3.8) is 0 Å². The number of carbonyl (C=O) groups is 1. The summed E-state index contributed by atoms with van der Waals surface area (Å²) in [5.41, 5.74) is 5.24. The molecule has 38 heavy (non-hydrogen) atoms. The number of hydrogen-bond donors (Lipinski definition) is 1. The minimum atomic E-state index is -0.356. The lowest BCUT2D eigenvalue weighted by molar-refractivity contribution is 0.0930. The van der Waals surface area contributed by atoms with E-state index in [1.165, 1.54) is 6.33 Å². The molecule has 0 aliphatic heterocycles. The third-order valence-corrected chi connectivity index (χ3v) is 6.61. The van der Waals surface area contributed by atoms with E-state index in [2.05, 4.69) is 20.6 Å². The predicted octanol–water partition coefficient (Wildman–Crippen LogP) is 5.76. The molecule has 3 aromatic heterocycles. The van der Waals surface area contributed by atoms with Gasteiger partial charge in [0.05, 0.1) is 11.7 Å². The van der Waals surface area contributed by atoms with Gasteiger partial charge in [-0.15, -0.1) is 0 Å². The number of fused-ring (bicyclic) bond motifs is 1. The number of carbonyl (C=O) groups excluding carboxylic acids is 1. The molecule has 3 heterocycles. The number of pyridine rings is 1. The Balaban J connectivity index is 1.47. The van der Waals surface area contributed by atoms with E-state index in [-0.39, 0.29) is 24.2 Å². The maximum absolute atomic E-state index is 12.7. The Hall–Kier alpha value is -4.24. The molecular formula is C28H27ClN6O3. The van der Waals surface area contributed by atoms with Gasteiger partial charge in [-0.3, -0.25) is 4.79 Å². The summed E-state index contributed by atoms with van der Waals surface area (Å²) >= 11 is 6.70. The van der Waals surface area contributed by atoms with Gasteiger partial charge in [-0.2, -0.15) is 5.10 Å². The Bertz CT molecular complexity index is 1660. The van der Waals surface area contributed by atoms with Crippen LogP contribution in [-0.4, -0.2) is 30.8 Å². The molecule has 0 aliphatic carbocycles. The van der Waals surface area contributed by atoms with Crippen LogP contribution in [0.4, 0.5) is 0 Å². The first kappa shape index (κ1) is 25.4. The van der Waals surface area contributed by atoms with Crippen molar-refractivity contribution in [3.8, 4) is 11.4 Å². The molecule has 5 rings (SSSR count). The highest BCUT2D eigenvalue weighted by atomic mass is 35.5. The number of aromatic nitrogens is 5. The normalized spacial score (nSPS) is 12.1. The molecule has 0 unspecified atom stereocenters. The Morgan fingerprint density at radius 3 is 2.68 bits per heavy atom. The van der Waals surface area contributed by atoms with E-state index in [9.17, 15) is 4.79 Å². The molecule has 0 aliphatic rings. The van der Waals surface area contributed by atoms with Crippen molar-refractivity contribution in [2.45, 2.75) is 47.3 Å². The van der Waals surface area contributed by atoms with Crippen molar-refractivity contribution >= 4 is 28.4 Å². The smallest absolute Gasteiger partial charge is 0.273 e. The number of para-hydroxylation sites is 1. The van der Waals surface area contributed by atoms with Crippen LogP contribution in [0.1, 0.15) is 57.4 Å². The molecule has 9 nitrogen and oxygen atoms in total. The van der Waals surface area contributed by atoms with E-state index in [1.54, 1.807) is 17.7 Å². The van der Waals surface area contributed by atoms with Crippen LogP contribution in [0.25, 0.3) is 16.6 Å². The van der Waals surface area contributed by atoms with Gasteiger partial charge in [0.25, 0.3) is 5.91 Å². The topological polar surface area (TPSA) is 108 Å². The first-order chi connectivity index (χ1) is 18.2. The van der Waals surface area contributed by atoms with Crippen molar-refractivity contribution < 1.29 is 14.1 Å². The van der Waals surface area contributed by atoms with Crippen LogP contribution in [0, 0.1) is 27.7 Å². The fourth-order valence-corrected chi connectivity index (χ4v) is 4.80. The molecule has 0 radical (unpaired) electrons. The molecule has 0 spiro atoms. The highest BCUT2D eigenvalue weighted by Crippen LogP contribution is 2.32. The summed E-state index contributed by atoms with van der Waals surface area (Å²) in [4.78, 5) is 21.7. The van der Waals surface area contributed by atoms with Crippen molar-refractivity contribution in [2.75, 3.05) is 0 Å². The lowest BCUT2D eigenvalue weighted by atomic mass is 9.99. The van der Waals surface area contributed by atoms with Gasteiger partial charge in [-0.25, -0.2) is 14.6 Å². The second kappa shape index (κ2) is 10.3. The molecule has 1 amide bonds. The summed E-state index contributed by atoms with van der Waals surface area (Å²) in [5, 5.41) is 12.6. The van der Waals surface area contributed by atoms with E-state index in [0.717, 1.165) is 39.3 Å². The number of hydrogen-bond acceptors (Lipinski definition) is 7. The minimum absolute atomic E-state index is 0.185. The molecule has 2 aromatic carbocycles. The first-order valence-electron chi connectivity index (χ1n) is 12.1. The van der Waals surface area contributed by atoms with E-state index in [1.807, 2.05) is 64.1 Å². The van der Waals surface area contributed by atoms with Crippen LogP contribution in [0.2, 0.25) is 5.02 Å². The molecule has 1 atom stereocenters. The van der Waals surface area contributed by atoms with E-state index in [0.29, 0.717) is 22.0 Å². The first-order valence-corrected chi connectivity index (χ1v) is 12.5. The van der Waals surface area contributed by atoms with Crippen LogP contribution in [0.3, 0.4) is 0 Å². The van der Waals surface area contributed by atoms with Crippen molar-refractivity contribution in [1.82, 2.24) is 30.2 Å². The Morgan fingerprint density at radius 1 is 1.16 bits per heavy atom. The number of nitrogens with one attached hydrogen (secondary N) is 1. The van der Waals surface area contributed by atoms with Crippen molar-refractivity contribution in [2.24, 2.45) is 0 Å². The average molecular weight is 531 g/mol. The molecule has 10 heteroatoms. The molecule has 0 bridgehead atoms. The fraction of sp³-hybridized carbons (Fsp3) is 0.250. The number of amides is 1. The number of halogens is 1. The molecule has 5 aromatic rings. The zero-order valence-electron chi connectivity index (χ0n) is 21.7. The summed E-state index contributed by atoms with van der Waals surface area (Å²) < 4.78 is 13.2. The summed E-state index contributed by atoms with van der Waals surface area (Å²) in [5.74, 6) is 1.62. The lowest BCUT2D eigenvalue weighted by Gasteiger charge is -2.20. The zero-order valence-corrected chi connectivity index (χ0v) is 22.5. The van der Waals surface area contributed by atoms with E-state index >= 15 is 0 Å². The van der Waals surface area contributed by atoms with Gasteiger partial charge in [0, 0.05) is 27.7 Å². The molecular weight excluding hydrogens is 504 g/mol.